The van der Waals surface area contributed by atoms with Gasteiger partial charge in [0.1, 0.15) is 0 Å². The summed E-state index contributed by atoms with van der Waals surface area (Å²) in [6, 6.07) is 0. The molecule has 0 aromatic heterocycles. The highest BCUT2D eigenvalue weighted by molar-refractivity contribution is 6.62. The van der Waals surface area contributed by atoms with Crippen LogP contribution in [0.25, 0.3) is 0 Å². The summed E-state index contributed by atoms with van der Waals surface area (Å²) in [6.07, 6.45) is 1.04. The van der Waals surface area contributed by atoms with Crippen molar-refractivity contribution < 1.29 is 13.3 Å². The lowest BCUT2D eigenvalue weighted by Gasteiger charge is -2.32. The zero-order valence-electron chi connectivity index (χ0n) is 14.4. The highest BCUT2D eigenvalue weighted by Crippen LogP contribution is 2.26. The largest absolute Gasteiger partial charge is 0.505 e. The fraction of sp³-hybridized carbons (Fsp3) is 0.933. The lowest BCUT2D eigenvalue weighted by Crippen LogP contribution is -2.50. The normalized spacial score (nSPS) is 14.9. The molecule has 120 valence electrons. The summed E-state index contributed by atoms with van der Waals surface area (Å²) in [4.78, 5) is 4.69. The number of nitrogens with zero attached hydrogens (tertiary/aromatic N) is 1. The monoisotopic (exact) mass is 303 g/mol. The smallest absolute Gasteiger partial charge is 0.374 e. The minimum Gasteiger partial charge on any atom is -0.374 e. The fourth-order valence-electron chi connectivity index (χ4n) is 2.22. The summed E-state index contributed by atoms with van der Waals surface area (Å²) in [5.41, 5.74) is 1.38. The summed E-state index contributed by atoms with van der Waals surface area (Å²) < 4.78 is 17.7. The number of hydrogen-bond acceptors (Lipinski definition) is 4. The van der Waals surface area contributed by atoms with Crippen LogP contribution in [0.4, 0.5) is 0 Å². The maximum absolute atomic E-state index is 5.91. The van der Waals surface area contributed by atoms with Crippen LogP contribution in [0.15, 0.2) is 4.99 Å². The van der Waals surface area contributed by atoms with Crippen LogP contribution in [-0.2, 0) is 13.3 Å². The van der Waals surface area contributed by atoms with Gasteiger partial charge in [-0.3, -0.25) is 4.99 Å². The molecule has 0 aromatic rings. The molecule has 0 fully saturated rings. The Morgan fingerprint density at radius 1 is 0.950 bits per heavy atom. The van der Waals surface area contributed by atoms with Gasteiger partial charge in [-0.2, -0.15) is 0 Å². The molecule has 0 saturated carbocycles. The van der Waals surface area contributed by atoms with Gasteiger partial charge in [0, 0.05) is 37.6 Å². The average molecular weight is 304 g/mol. The van der Waals surface area contributed by atoms with Gasteiger partial charge in [-0.25, -0.2) is 0 Å². The maximum atomic E-state index is 5.91. The molecule has 0 saturated heterocycles. The van der Waals surface area contributed by atoms with E-state index in [2.05, 4.69) is 32.7 Å². The molecule has 0 radical (unpaired) electrons. The number of rotatable bonds is 11. The SMILES string of the molecule is CCO[Si](OCC)(OCC)C(C)CN=C(C)CC(C)C. The molecular formula is C15H33NO3Si. The van der Waals surface area contributed by atoms with E-state index in [1.807, 2.05) is 20.8 Å². The maximum Gasteiger partial charge on any atom is 0.505 e. The molecule has 0 aliphatic carbocycles. The molecule has 20 heavy (non-hydrogen) atoms. The molecule has 1 atom stereocenters. The first-order valence-electron chi connectivity index (χ1n) is 7.83. The van der Waals surface area contributed by atoms with Gasteiger partial charge in [0.2, 0.25) is 0 Å². The van der Waals surface area contributed by atoms with E-state index in [1.165, 1.54) is 5.71 Å². The predicted octanol–water partition coefficient (Wildman–Crippen LogP) is 3.93. The van der Waals surface area contributed by atoms with Crippen molar-refractivity contribution >= 4 is 14.5 Å². The molecule has 0 aliphatic heterocycles. The molecule has 0 rings (SSSR count). The second kappa shape index (κ2) is 10.5. The zero-order chi connectivity index (χ0) is 15.6. The Balaban J connectivity index is 4.79. The van der Waals surface area contributed by atoms with Crippen molar-refractivity contribution in [3.05, 3.63) is 0 Å². The van der Waals surface area contributed by atoms with Gasteiger partial charge in [-0.15, -0.1) is 0 Å². The molecule has 0 spiro atoms. The average Bonchev–Trinajstić information content (AvgIpc) is 2.35. The Morgan fingerprint density at radius 2 is 1.40 bits per heavy atom. The van der Waals surface area contributed by atoms with Gasteiger partial charge < -0.3 is 13.3 Å². The Morgan fingerprint density at radius 3 is 1.75 bits per heavy atom. The van der Waals surface area contributed by atoms with E-state index in [1.54, 1.807) is 0 Å². The summed E-state index contributed by atoms with van der Waals surface area (Å²) in [5, 5.41) is 0. The molecule has 0 N–H and O–H groups in total. The third kappa shape index (κ3) is 6.97. The Bertz CT molecular complexity index is 265. The predicted molar refractivity (Wildman–Crippen MR) is 87.5 cm³/mol. The third-order valence-corrected chi connectivity index (χ3v) is 6.44. The Hall–Kier alpha value is -0.233. The molecular weight excluding hydrogens is 270 g/mol. The van der Waals surface area contributed by atoms with E-state index in [0.29, 0.717) is 32.3 Å². The topological polar surface area (TPSA) is 40.0 Å². The molecule has 0 aromatic carbocycles. The van der Waals surface area contributed by atoms with Gasteiger partial charge in [0.15, 0.2) is 0 Å². The van der Waals surface area contributed by atoms with Crippen LogP contribution in [-0.4, -0.2) is 40.9 Å². The number of hydrogen-bond donors (Lipinski definition) is 0. The first kappa shape index (κ1) is 19.8. The van der Waals surface area contributed by atoms with Crippen molar-refractivity contribution in [3.63, 3.8) is 0 Å². The van der Waals surface area contributed by atoms with Gasteiger partial charge in [0.05, 0.1) is 0 Å². The van der Waals surface area contributed by atoms with Gasteiger partial charge in [-0.1, -0.05) is 20.8 Å². The highest BCUT2D eigenvalue weighted by Gasteiger charge is 2.46. The molecule has 0 heterocycles. The summed E-state index contributed by atoms with van der Waals surface area (Å²) >= 11 is 0. The van der Waals surface area contributed by atoms with Crippen LogP contribution in [0.5, 0.6) is 0 Å². The van der Waals surface area contributed by atoms with E-state index in [9.17, 15) is 0 Å². The molecule has 1 unspecified atom stereocenters. The van der Waals surface area contributed by atoms with Gasteiger partial charge in [-0.05, 0) is 40.0 Å². The zero-order valence-corrected chi connectivity index (χ0v) is 15.4. The minimum absolute atomic E-state index is 0.185. The summed E-state index contributed by atoms with van der Waals surface area (Å²) in [6.45, 7) is 17.2. The second-order valence-electron chi connectivity index (χ2n) is 5.48. The van der Waals surface area contributed by atoms with Crippen LogP contribution in [0, 0.1) is 5.92 Å². The third-order valence-electron chi connectivity index (χ3n) is 2.98. The van der Waals surface area contributed by atoms with Crippen molar-refractivity contribution in [2.24, 2.45) is 10.9 Å². The molecule has 0 amide bonds. The summed E-state index contributed by atoms with van der Waals surface area (Å²) in [5.74, 6) is 0.640. The van der Waals surface area contributed by atoms with E-state index < -0.39 is 8.80 Å². The van der Waals surface area contributed by atoms with E-state index in [-0.39, 0.29) is 5.54 Å². The quantitative estimate of drug-likeness (QED) is 0.429. The van der Waals surface area contributed by atoms with Crippen molar-refractivity contribution in [2.75, 3.05) is 26.4 Å². The van der Waals surface area contributed by atoms with Crippen LogP contribution >= 0.6 is 0 Å². The van der Waals surface area contributed by atoms with Crippen LogP contribution < -0.4 is 0 Å². The fourth-order valence-corrected chi connectivity index (χ4v) is 4.84. The lowest BCUT2D eigenvalue weighted by molar-refractivity contribution is 0.0633. The van der Waals surface area contributed by atoms with Crippen LogP contribution in [0.3, 0.4) is 0 Å². The molecule has 0 bridgehead atoms. The molecule has 4 nitrogen and oxygen atoms in total. The Kier molecular flexibility index (Phi) is 10.4. The van der Waals surface area contributed by atoms with Crippen molar-refractivity contribution in [1.29, 1.82) is 0 Å². The summed E-state index contributed by atoms with van der Waals surface area (Å²) in [7, 11) is -2.61. The van der Waals surface area contributed by atoms with Gasteiger partial charge >= 0.3 is 8.80 Å². The first-order chi connectivity index (χ1) is 9.41. The van der Waals surface area contributed by atoms with Crippen molar-refractivity contribution in [1.82, 2.24) is 0 Å². The first-order valence-corrected chi connectivity index (χ1v) is 9.63. The second-order valence-corrected chi connectivity index (χ2v) is 8.54. The van der Waals surface area contributed by atoms with Crippen molar-refractivity contribution in [2.45, 2.75) is 60.4 Å². The van der Waals surface area contributed by atoms with Crippen molar-refractivity contribution in [3.8, 4) is 0 Å². The van der Waals surface area contributed by atoms with E-state index in [4.69, 9.17) is 13.3 Å². The van der Waals surface area contributed by atoms with Crippen LogP contribution in [0.1, 0.15) is 54.9 Å². The van der Waals surface area contributed by atoms with Gasteiger partial charge in [0.25, 0.3) is 0 Å². The van der Waals surface area contributed by atoms with E-state index in [0.717, 1.165) is 6.42 Å². The van der Waals surface area contributed by atoms with Crippen LogP contribution in [0.2, 0.25) is 5.54 Å². The minimum atomic E-state index is -2.61. The van der Waals surface area contributed by atoms with E-state index >= 15 is 0 Å². The standard InChI is InChI=1S/C15H33NO3Si/c1-8-17-20(18-9-2,19-10-3)15(7)12-16-14(6)11-13(4)5/h13,15H,8-12H2,1-7H3. The molecule has 5 heteroatoms. The lowest BCUT2D eigenvalue weighted by atomic mass is 10.1. The highest BCUT2D eigenvalue weighted by atomic mass is 28.4. The molecule has 0 aliphatic rings. The number of aliphatic imine (C=N–C) groups is 1. The Labute approximate surface area is 126 Å².